The van der Waals surface area contributed by atoms with E-state index in [9.17, 15) is 0 Å². The van der Waals surface area contributed by atoms with Gasteiger partial charge in [-0.05, 0) is 23.8 Å². The zero-order valence-corrected chi connectivity index (χ0v) is 13.4. The molecule has 19 heavy (non-hydrogen) atoms. The molecule has 0 aliphatic rings. The van der Waals surface area contributed by atoms with Gasteiger partial charge in [0.15, 0.2) is 0 Å². The molecule has 0 fully saturated rings. The minimum Gasteiger partial charge on any atom is -0.399 e. The van der Waals surface area contributed by atoms with Gasteiger partial charge in [-0.1, -0.05) is 57.3 Å². The first-order chi connectivity index (χ1) is 8.99. The summed E-state index contributed by atoms with van der Waals surface area (Å²) in [6.07, 6.45) is 0. The number of halogens is 3. The van der Waals surface area contributed by atoms with E-state index in [1.165, 1.54) is 0 Å². The van der Waals surface area contributed by atoms with Crippen molar-refractivity contribution < 1.29 is 0 Å². The van der Waals surface area contributed by atoms with Gasteiger partial charge in [0.25, 0.3) is 0 Å². The van der Waals surface area contributed by atoms with Gasteiger partial charge in [0.2, 0.25) is 0 Å². The summed E-state index contributed by atoms with van der Waals surface area (Å²) in [5.74, 6) is 0. The van der Waals surface area contributed by atoms with E-state index in [1.54, 1.807) is 12.1 Å². The van der Waals surface area contributed by atoms with Crippen LogP contribution in [-0.4, -0.2) is 7.05 Å². The highest BCUT2D eigenvalue weighted by Crippen LogP contribution is 2.36. The first-order valence-corrected chi connectivity index (χ1v) is 7.23. The van der Waals surface area contributed by atoms with Crippen LogP contribution in [0.4, 0.5) is 11.4 Å². The van der Waals surface area contributed by atoms with Gasteiger partial charge in [-0.3, -0.25) is 0 Å². The molecule has 0 unspecified atom stereocenters. The highest BCUT2D eigenvalue weighted by Gasteiger charge is 2.13. The van der Waals surface area contributed by atoms with Crippen LogP contribution in [0.5, 0.6) is 0 Å². The lowest BCUT2D eigenvalue weighted by atomic mass is 10.2. The van der Waals surface area contributed by atoms with E-state index < -0.39 is 0 Å². The maximum Gasteiger partial charge on any atom is 0.0746 e. The minimum absolute atomic E-state index is 0.555. The number of hydrogen-bond donors (Lipinski definition) is 1. The van der Waals surface area contributed by atoms with Gasteiger partial charge in [0, 0.05) is 23.8 Å². The SMILES string of the molecule is CN(Cc1ccccc1Br)c1c(Cl)cc(N)cc1Cl. The van der Waals surface area contributed by atoms with Gasteiger partial charge in [-0.2, -0.15) is 0 Å². The number of anilines is 2. The summed E-state index contributed by atoms with van der Waals surface area (Å²) in [5, 5.41) is 1.11. The predicted octanol–water partition coefficient (Wildman–Crippen LogP) is 4.97. The molecule has 0 amide bonds. The van der Waals surface area contributed by atoms with Crippen molar-refractivity contribution in [1.82, 2.24) is 0 Å². The third-order valence-electron chi connectivity index (χ3n) is 2.79. The molecular weight excluding hydrogens is 347 g/mol. The first-order valence-electron chi connectivity index (χ1n) is 5.68. The van der Waals surface area contributed by atoms with Gasteiger partial charge in [-0.25, -0.2) is 0 Å². The minimum atomic E-state index is 0.555. The Morgan fingerprint density at radius 3 is 2.32 bits per heavy atom. The zero-order valence-electron chi connectivity index (χ0n) is 10.3. The molecule has 2 N–H and O–H groups in total. The van der Waals surface area contributed by atoms with Crippen LogP contribution in [0.3, 0.4) is 0 Å². The average Bonchev–Trinajstić information content (AvgIpc) is 2.30. The average molecular weight is 360 g/mol. The Morgan fingerprint density at radius 1 is 1.16 bits per heavy atom. The van der Waals surface area contributed by atoms with Crippen LogP contribution >= 0.6 is 39.1 Å². The summed E-state index contributed by atoms with van der Waals surface area (Å²) in [7, 11) is 1.95. The molecule has 0 radical (unpaired) electrons. The molecule has 0 heterocycles. The summed E-state index contributed by atoms with van der Waals surface area (Å²) < 4.78 is 1.06. The van der Waals surface area contributed by atoms with Crippen molar-refractivity contribution >= 4 is 50.5 Å². The number of rotatable bonds is 3. The molecule has 5 heteroatoms. The standard InChI is InChI=1S/C14H13BrCl2N2/c1-19(8-9-4-2-3-5-11(9)15)14-12(16)6-10(18)7-13(14)17/h2-7H,8,18H2,1H3. The Bertz CT molecular complexity index is 579. The molecular formula is C14H13BrCl2N2. The lowest BCUT2D eigenvalue weighted by molar-refractivity contribution is 0.919. The van der Waals surface area contributed by atoms with E-state index in [1.807, 2.05) is 30.1 Å². The highest BCUT2D eigenvalue weighted by molar-refractivity contribution is 9.10. The van der Waals surface area contributed by atoms with E-state index in [-0.39, 0.29) is 0 Å². The lowest BCUT2D eigenvalue weighted by Gasteiger charge is -2.23. The molecule has 0 spiro atoms. The smallest absolute Gasteiger partial charge is 0.0746 e. The number of hydrogen-bond acceptors (Lipinski definition) is 2. The van der Waals surface area contributed by atoms with Crippen molar-refractivity contribution in [3.05, 3.63) is 56.5 Å². The second-order valence-corrected chi connectivity index (χ2v) is 5.95. The second-order valence-electron chi connectivity index (χ2n) is 4.28. The van der Waals surface area contributed by atoms with Crippen molar-refractivity contribution in [3.63, 3.8) is 0 Å². The van der Waals surface area contributed by atoms with Gasteiger partial charge < -0.3 is 10.6 Å². The van der Waals surface area contributed by atoms with E-state index in [0.717, 1.165) is 15.7 Å². The van der Waals surface area contributed by atoms with E-state index in [4.69, 9.17) is 28.9 Å². The lowest BCUT2D eigenvalue weighted by Crippen LogP contribution is -2.17. The fourth-order valence-corrected chi connectivity index (χ4v) is 3.11. The van der Waals surface area contributed by atoms with E-state index in [0.29, 0.717) is 22.3 Å². The van der Waals surface area contributed by atoms with Crippen molar-refractivity contribution in [2.24, 2.45) is 0 Å². The normalized spacial score (nSPS) is 10.5. The molecule has 100 valence electrons. The van der Waals surface area contributed by atoms with E-state index in [2.05, 4.69) is 22.0 Å². The Balaban J connectivity index is 2.31. The molecule has 0 saturated heterocycles. The summed E-state index contributed by atoms with van der Waals surface area (Å²) in [5.41, 5.74) is 8.22. The molecule has 0 saturated carbocycles. The van der Waals surface area contributed by atoms with Crippen LogP contribution in [0.1, 0.15) is 5.56 Å². The molecule has 0 atom stereocenters. The molecule has 2 aromatic rings. The van der Waals surface area contributed by atoms with Crippen molar-refractivity contribution in [2.45, 2.75) is 6.54 Å². The number of nitrogen functional groups attached to an aromatic ring is 1. The van der Waals surface area contributed by atoms with Gasteiger partial charge >= 0.3 is 0 Å². The predicted molar refractivity (Wildman–Crippen MR) is 87.1 cm³/mol. The van der Waals surface area contributed by atoms with Gasteiger partial charge in [0.05, 0.1) is 15.7 Å². The Kier molecular flexibility index (Phi) is 4.61. The number of nitrogens with two attached hydrogens (primary N) is 1. The molecule has 0 aliphatic carbocycles. The summed E-state index contributed by atoms with van der Waals surface area (Å²) in [6, 6.07) is 11.5. The quantitative estimate of drug-likeness (QED) is 0.783. The van der Waals surface area contributed by atoms with Crippen LogP contribution in [0, 0.1) is 0 Å². The highest BCUT2D eigenvalue weighted by atomic mass is 79.9. The van der Waals surface area contributed by atoms with Crippen molar-refractivity contribution in [1.29, 1.82) is 0 Å². The molecule has 0 aromatic heterocycles. The third kappa shape index (κ3) is 3.35. The van der Waals surface area contributed by atoms with Crippen LogP contribution in [0.2, 0.25) is 10.0 Å². The summed E-state index contributed by atoms with van der Waals surface area (Å²) in [6.45, 7) is 0.699. The number of nitrogens with zero attached hydrogens (tertiary/aromatic N) is 1. The molecule has 2 rings (SSSR count). The molecule has 0 aliphatic heterocycles. The molecule has 0 bridgehead atoms. The summed E-state index contributed by atoms with van der Waals surface area (Å²) >= 11 is 16.0. The van der Waals surface area contributed by atoms with Gasteiger partial charge in [0.1, 0.15) is 0 Å². The largest absolute Gasteiger partial charge is 0.399 e. The third-order valence-corrected chi connectivity index (χ3v) is 4.14. The van der Waals surface area contributed by atoms with Crippen LogP contribution in [-0.2, 0) is 6.54 Å². The van der Waals surface area contributed by atoms with Crippen LogP contribution in [0.25, 0.3) is 0 Å². The Labute approximate surface area is 131 Å². The Hall–Kier alpha value is -0.900. The summed E-state index contributed by atoms with van der Waals surface area (Å²) in [4.78, 5) is 2.00. The van der Waals surface area contributed by atoms with E-state index >= 15 is 0 Å². The van der Waals surface area contributed by atoms with Crippen LogP contribution in [0.15, 0.2) is 40.9 Å². The second kappa shape index (κ2) is 6.04. The van der Waals surface area contributed by atoms with Crippen molar-refractivity contribution in [3.8, 4) is 0 Å². The maximum absolute atomic E-state index is 6.22. The fraction of sp³-hybridized carbons (Fsp3) is 0.143. The molecule has 2 nitrogen and oxygen atoms in total. The van der Waals surface area contributed by atoms with Crippen molar-refractivity contribution in [2.75, 3.05) is 17.7 Å². The zero-order chi connectivity index (χ0) is 14.0. The monoisotopic (exact) mass is 358 g/mol. The maximum atomic E-state index is 6.22. The van der Waals surface area contributed by atoms with Crippen LogP contribution < -0.4 is 10.6 Å². The topological polar surface area (TPSA) is 29.3 Å². The van der Waals surface area contributed by atoms with Gasteiger partial charge in [-0.15, -0.1) is 0 Å². The fourth-order valence-electron chi connectivity index (χ4n) is 1.91. The molecule has 2 aromatic carbocycles. The first kappa shape index (κ1) is 14.5. The Morgan fingerprint density at radius 2 is 1.74 bits per heavy atom. The number of benzene rings is 2.